The van der Waals surface area contributed by atoms with E-state index in [2.05, 4.69) is 10.3 Å². The third kappa shape index (κ3) is 2.01. The van der Waals surface area contributed by atoms with Crippen LogP contribution in [-0.4, -0.2) is 12.0 Å². The van der Waals surface area contributed by atoms with Crippen molar-refractivity contribution in [1.29, 1.82) is 0 Å². The van der Waals surface area contributed by atoms with E-state index in [4.69, 9.17) is 0 Å². The fraction of sp³-hybridized carbons (Fsp3) is 0.118. The molecule has 3 rings (SSSR count). The Morgan fingerprint density at radius 3 is 2.50 bits per heavy atom. The summed E-state index contributed by atoms with van der Waals surface area (Å²) in [5.41, 5.74) is 4.11. The summed E-state index contributed by atoms with van der Waals surface area (Å²) in [7, 11) is 1.86. The summed E-state index contributed by atoms with van der Waals surface area (Å²) in [5, 5.41) is 4.10. The van der Waals surface area contributed by atoms with Crippen molar-refractivity contribution in [3.05, 3.63) is 59.9 Å². The number of rotatable bonds is 2. The number of aromatic nitrogens is 1. The van der Waals surface area contributed by atoms with Crippen LogP contribution in [0.1, 0.15) is 5.56 Å². The van der Waals surface area contributed by atoms with Crippen molar-refractivity contribution in [1.82, 2.24) is 4.98 Å². The van der Waals surface area contributed by atoms with Crippen LogP contribution in [0.25, 0.3) is 22.2 Å². The molecule has 0 aliphatic heterocycles. The van der Waals surface area contributed by atoms with Crippen LogP contribution in [0.4, 0.5) is 10.1 Å². The zero-order chi connectivity index (χ0) is 14.1. The molecule has 1 heterocycles. The average Bonchev–Trinajstić information content (AvgIpc) is 2.51. The first-order valence-corrected chi connectivity index (χ1v) is 6.53. The maximum absolute atomic E-state index is 13.8. The molecule has 0 radical (unpaired) electrons. The summed E-state index contributed by atoms with van der Waals surface area (Å²) in [5.74, 6) is -0.225. The first kappa shape index (κ1) is 12.6. The highest BCUT2D eigenvalue weighted by molar-refractivity contribution is 5.95. The van der Waals surface area contributed by atoms with Gasteiger partial charge in [-0.2, -0.15) is 0 Å². The van der Waals surface area contributed by atoms with Crippen molar-refractivity contribution in [3.63, 3.8) is 0 Å². The Kier molecular flexibility index (Phi) is 3.11. The highest BCUT2D eigenvalue weighted by atomic mass is 19.1. The lowest BCUT2D eigenvalue weighted by Gasteiger charge is -2.11. The second kappa shape index (κ2) is 4.93. The fourth-order valence-corrected chi connectivity index (χ4v) is 2.37. The van der Waals surface area contributed by atoms with E-state index >= 15 is 0 Å². The molecule has 0 atom stereocenters. The molecular weight excluding hydrogens is 251 g/mol. The Labute approximate surface area is 117 Å². The Morgan fingerprint density at radius 1 is 1.05 bits per heavy atom. The van der Waals surface area contributed by atoms with Gasteiger partial charge in [-0.3, -0.25) is 0 Å². The summed E-state index contributed by atoms with van der Waals surface area (Å²) in [6.45, 7) is 1.76. The van der Waals surface area contributed by atoms with Gasteiger partial charge >= 0.3 is 0 Å². The molecule has 0 amide bonds. The van der Waals surface area contributed by atoms with Crippen molar-refractivity contribution >= 4 is 16.6 Å². The summed E-state index contributed by atoms with van der Waals surface area (Å²) in [6.07, 6.45) is 0. The minimum Gasteiger partial charge on any atom is -0.388 e. The third-order valence-electron chi connectivity index (χ3n) is 3.51. The van der Waals surface area contributed by atoms with E-state index in [0.29, 0.717) is 11.1 Å². The van der Waals surface area contributed by atoms with Crippen LogP contribution in [0.3, 0.4) is 0 Å². The molecule has 0 aliphatic rings. The largest absolute Gasteiger partial charge is 0.388 e. The summed E-state index contributed by atoms with van der Waals surface area (Å²) >= 11 is 0. The highest BCUT2D eigenvalue weighted by Gasteiger charge is 2.10. The average molecular weight is 266 g/mol. The number of nitrogens with one attached hydrogen (secondary N) is 1. The second-order valence-electron chi connectivity index (χ2n) is 4.74. The maximum Gasteiger partial charge on any atom is 0.128 e. The minimum atomic E-state index is -0.225. The molecule has 2 nitrogen and oxygen atoms in total. The van der Waals surface area contributed by atoms with E-state index in [1.54, 1.807) is 13.0 Å². The lowest BCUT2D eigenvalue weighted by atomic mass is 10.0. The van der Waals surface area contributed by atoms with E-state index in [0.717, 1.165) is 22.3 Å². The molecule has 0 saturated carbocycles. The molecule has 1 aromatic heterocycles. The quantitative estimate of drug-likeness (QED) is 0.744. The Bertz CT molecular complexity index is 767. The lowest BCUT2D eigenvalue weighted by molar-refractivity contribution is 0.620. The summed E-state index contributed by atoms with van der Waals surface area (Å²) < 4.78 is 13.8. The Balaban J connectivity index is 2.33. The van der Waals surface area contributed by atoms with E-state index in [1.807, 2.05) is 43.4 Å². The molecule has 1 N–H and O–H groups in total. The first-order valence-electron chi connectivity index (χ1n) is 6.53. The maximum atomic E-state index is 13.8. The molecule has 3 heteroatoms. The van der Waals surface area contributed by atoms with Gasteiger partial charge in [-0.1, -0.05) is 30.3 Å². The van der Waals surface area contributed by atoms with Gasteiger partial charge in [0, 0.05) is 29.2 Å². The normalized spacial score (nSPS) is 10.8. The van der Waals surface area contributed by atoms with Crippen molar-refractivity contribution in [2.45, 2.75) is 6.92 Å². The van der Waals surface area contributed by atoms with Gasteiger partial charge in [0.1, 0.15) is 5.82 Å². The molecule has 3 aromatic rings. The predicted molar refractivity (Wildman–Crippen MR) is 81.4 cm³/mol. The molecule has 0 fully saturated rings. The zero-order valence-corrected chi connectivity index (χ0v) is 11.4. The highest BCUT2D eigenvalue weighted by Crippen LogP contribution is 2.30. The summed E-state index contributed by atoms with van der Waals surface area (Å²) in [6, 6.07) is 15.2. The zero-order valence-electron chi connectivity index (χ0n) is 11.4. The standard InChI is InChI=1S/C17H15FN2/c1-11-14(18)9-8-13-16(19-2)10-15(20-17(11)13)12-6-4-3-5-7-12/h3-10H,1-2H3,(H,19,20). The van der Waals surface area contributed by atoms with Crippen molar-refractivity contribution < 1.29 is 4.39 Å². The Morgan fingerprint density at radius 2 is 1.80 bits per heavy atom. The van der Waals surface area contributed by atoms with Crippen LogP contribution < -0.4 is 5.32 Å². The number of pyridine rings is 1. The SMILES string of the molecule is CNc1cc(-c2ccccc2)nc2c(C)c(F)ccc12. The molecule has 0 bridgehead atoms. The number of hydrogen-bond donors (Lipinski definition) is 1. The molecule has 100 valence electrons. The van der Waals surface area contributed by atoms with Crippen LogP contribution in [-0.2, 0) is 0 Å². The Hall–Kier alpha value is -2.42. The number of hydrogen-bond acceptors (Lipinski definition) is 2. The number of nitrogens with zero attached hydrogens (tertiary/aromatic N) is 1. The van der Waals surface area contributed by atoms with Crippen molar-refractivity contribution in [2.24, 2.45) is 0 Å². The van der Waals surface area contributed by atoms with Crippen LogP contribution >= 0.6 is 0 Å². The van der Waals surface area contributed by atoms with Gasteiger partial charge in [0.05, 0.1) is 11.2 Å². The van der Waals surface area contributed by atoms with Gasteiger partial charge in [-0.25, -0.2) is 9.37 Å². The van der Waals surface area contributed by atoms with E-state index < -0.39 is 0 Å². The van der Waals surface area contributed by atoms with Crippen molar-refractivity contribution in [3.8, 4) is 11.3 Å². The van der Waals surface area contributed by atoms with E-state index in [1.165, 1.54) is 6.07 Å². The number of halogens is 1. The second-order valence-corrected chi connectivity index (χ2v) is 4.74. The minimum absolute atomic E-state index is 0.225. The van der Waals surface area contributed by atoms with E-state index in [9.17, 15) is 4.39 Å². The van der Waals surface area contributed by atoms with Crippen molar-refractivity contribution in [2.75, 3.05) is 12.4 Å². The smallest absolute Gasteiger partial charge is 0.128 e. The number of aryl methyl sites for hydroxylation is 1. The number of benzene rings is 2. The fourth-order valence-electron chi connectivity index (χ4n) is 2.37. The molecule has 2 aromatic carbocycles. The van der Waals surface area contributed by atoms with Gasteiger partial charge in [-0.15, -0.1) is 0 Å². The number of anilines is 1. The van der Waals surface area contributed by atoms with Crippen LogP contribution in [0.2, 0.25) is 0 Å². The number of fused-ring (bicyclic) bond motifs is 1. The summed E-state index contributed by atoms with van der Waals surface area (Å²) in [4.78, 5) is 4.63. The van der Waals surface area contributed by atoms with Crippen LogP contribution in [0, 0.1) is 12.7 Å². The molecule has 20 heavy (non-hydrogen) atoms. The predicted octanol–water partition coefficient (Wildman–Crippen LogP) is 4.39. The van der Waals surface area contributed by atoms with Gasteiger partial charge in [0.15, 0.2) is 0 Å². The first-order chi connectivity index (χ1) is 9.70. The van der Waals surface area contributed by atoms with Gasteiger partial charge in [0.2, 0.25) is 0 Å². The molecule has 0 saturated heterocycles. The molecule has 0 unspecified atom stereocenters. The van der Waals surface area contributed by atoms with E-state index in [-0.39, 0.29) is 5.82 Å². The van der Waals surface area contributed by atoms with Gasteiger partial charge in [0.25, 0.3) is 0 Å². The van der Waals surface area contributed by atoms with Crippen LogP contribution in [0.15, 0.2) is 48.5 Å². The van der Waals surface area contributed by atoms with Crippen LogP contribution in [0.5, 0.6) is 0 Å². The lowest BCUT2D eigenvalue weighted by Crippen LogP contribution is -1.96. The molecule has 0 aliphatic carbocycles. The topological polar surface area (TPSA) is 24.9 Å². The molecular formula is C17H15FN2. The molecule has 0 spiro atoms. The monoisotopic (exact) mass is 266 g/mol. The third-order valence-corrected chi connectivity index (χ3v) is 3.51. The van der Waals surface area contributed by atoms with Gasteiger partial charge < -0.3 is 5.32 Å². The van der Waals surface area contributed by atoms with Gasteiger partial charge in [-0.05, 0) is 25.1 Å².